The zero-order valence-corrected chi connectivity index (χ0v) is 14.2. The molecule has 0 spiro atoms. The van der Waals surface area contributed by atoms with Gasteiger partial charge in [0.15, 0.2) is 0 Å². The highest BCUT2D eigenvalue weighted by Gasteiger charge is 2.36. The van der Waals surface area contributed by atoms with Crippen LogP contribution in [0.1, 0.15) is 53.9 Å². The van der Waals surface area contributed by atoms with Crippen molar-refractivity contribution in [3.05, 3.63) is 0 Å². The van der Waals surface area contributed by atoms with E-state index in [0.29, 0.717) is 6.54 Å². The van der Waals surface area contributed by atoms with E-state index in [4.69, 9.17) is 5.73 Å². The van der Waals surface area contributed by atoms with Crippen LogP contribution in [0.2, 0.25) is 0 Å². The van der Waals surface area contributed by atoms with Crippen LogP contribution in [0.4, 0.5) is 0 Å². The highest BCUT2D eigenvalue weighted by molar-refractivity contribution is 5.83. The van der Waals surface area contributed by atoms with E-state index in [-0.39, 0.29) is 11.3 Å². The highest BCUT2D eigenvalue weighted by Crippen LogP contribution is 2.27. The van der Waals surface area contributed by atoms with Crippen molar-refractivity contribution in [2.24, 2.45) is 11.1 Å². The number of rotatable bonds is 11. The van der Waals surface area contributed by atoms with Crippen molar-refractivity contribution in [2.45, 2.75) is 53.9 Å². The van der Waals surface area contributed by atoms with Crippen LogP contribution >= 0.6 is 0 Å². The summed E-state index contributed by atoms with van der Waals surface area (Å²) in [6, 6.07) is 0. The summed E-state index contributed by atoms with van der Waals surface area (Å²) < 4.78 is 0. The molecule has 2 N–H and O–H groups in total. The maximum atomic E-state index is 12.7. The molecule has 0 unspecified atom stereocenters. The summed E-state index contributed by atoms with van der Waals surface area (Å²) >= 11 is 0. The zero-order valence-electron chi connectivity index (χ0n) is 14.2. The largest absolute Gasteiger partial charge is 0.342 e. The predicted molar refractivity (Wildman–Crippen MR) is 86.7 cm³/mol. The molecular formula is C16H35N3O. The van der Waals surface area contributed by atoms with E-state index in [1.165, 1.54) is 0 Å². The number of amides is 1. The second kappa shape index (κ2) is 10.2. The lowest BCUT2D eigenvalue weighted by atomic mass is 9.81. The molecule has 20 heavy (non-hydrogen) atoms. The van der Waals surface area contributed by atoms with Crippen LogP contribution in [0.25, 0.3) is 0 Å². The third kappa shape index (κ3) is 5.06. The molecule has 4 heteroatoms. The highest BCUT2D eigenvalue weighted by atomic mass is 16.2. The van der Waals surface area contributed by atoms with Gasteiger partial charge in [0.2, 0.25) is 5.91 Å². The van der Waals surface area contributed by atoms with Crippen molar-refractivity contribution >= 4 is 5.91 Å². The molecule has 0 fully saturated rings. The molecule has 1 amide bonds. The number of carbonyl (C=O) groups is 1. The van der Waals surface area contributed by atoms with Crippen molar-refractivity contribution in [1.29, 1.82) is 0 Å². The van der Waals surface area contributed by atoms with Crippen molar-refractivity contribution in [2.75, 3.05) is 39.3 Å². The van der Waals surface area contributed by atoms with E-state index in [1.807, 2.05) is 4.90 Å². The zero-order chi connectivity index (χ0) is 15.6. The van der Waals surface area contributed by atoms with Crippen molar-refractivity contribution in [3.63, 3.8) is 0 Å². The number of carbonyl (C=O) groups excluding carboxylic acids is 1. The van der Waals surface area contributed by atoms with E-state index in [2.05, 4.69) is 39.5 Å². The molecule has 0 heterocycles. The van der Waals surface area contributed by atoms with Gasteiger partial charge >= 0.3 is 0 Å². The van der Waals surface area contributed by atoms with Crippen molar-refractivity contribution in [3.8, 4) is 0 Å². The normalized spacial score (nSPS) is 11.9. The third-order valence-electron chi connectivity index (χ3n) is 4.66. The Morgan fingerprint density at radius 2 is 1.50 bits per heavy atom. The molecule has 0 saturated carbocycles. The molecule has 4 nitrogen and oxygen atoms in total. The molecule has 0 bridgehead atoms. The fourth-order valence-electron chi connectivity index (χ4n) is 2.69. The molecule has 0 aromatic rings. The minimum Gasteiger partial charge on any atom is -0.342 e. The van der Waals surface area contributed by atoms with Gasteiger partial charge in [-0.2, -0.15) is 0 Å². The van der Waals surface area contributed by atoms with Gasteiger partial charge in [0.1, 0.15) is 0 Å². The summed E-state index contributed by atoms with van der Waals surface area (Å²) in [5, 5.41) is 0. The quantitative estimate of drug-likeness (QED) is 0.634. The van der Waals surface area contributed by atoms with Gasteiger partial charge in [-0.1, -0.05) is 27.7 Å². The minimum atomic E-state index is -0.356. The first-order chi connectivity index (χ1) is 9.54. The monoisotopic (exact) mass is 285 g/mol. The first-order valence-electron chi connectivity index (χ1n) is 8.26. The number of nitrogens with two attached hydrogens (primary N) is 1. The topological polar surface area (TPSA) is 49.6 Å². The Hall–Kier alpha value is -0.610. The van der Waals surface area contributed by atoms with Gasteiger partial charge in [0, 0.05) is 19.6 Å². The van der Waals surface area contributed by atoms with E-state index >= 15 is 0 Å². The van der Waals surface area contributed by atoms with Crippen LogP contribution in [0.3, 0.4) is 0 Å². The Kier molecular flexibility index (Phi) is 9.86. The average Bonchev–Trinajstić information content (AvgIpc) is 2.50. The maximum absolute atomic E-state index is 12.7. The third-order valence-corrected chi connectivity index (χ3v) is 4.66. The molecule has 0 saturated heterocycles. The van der Waals surface area contributed by atoms with E-state index in [0.717, 1.165) is 52.0 Å². The van der Waals surface area contributed by atoms with Gasteiger partial charge in [0.05, 0.1) is 5.41 Å². The first-order valence-corrected chi connectivity index (χ1v) is 8.26. The Labute approximate surface area is 125 Å². The van der Waals surface area contributed by atoms with E-state index < -0.39 is 0 Å². The lowest BCUT2D eigenvalue weighted by molar-refractivity contribution is -0.142. The summed E-state index contributed by atoms with van der Waals surface area (Å²) in [6.07, 6.45) is 2.69. The Balaban J connectivity index is 4.55. The smallest absolute Gasteiger partial charge is 0.230 e. The van der Waals surface area contributed by atoms with Gasteiger partial charge in [-0.3, -0.25) is 4.79 Å². The predicted octanol–water partition coefficient (Wildman–Crippen LogP) is 2.33. The van der Waals surface area contributed by atoms with Crippen LogP contribution in [0.5, 0.6) is 0 Å². The van der Waals surface area contributed by atoms with Crippen LogP contribution in [-0.4, -0.2) is 55.0 Å². The Morgan fingerprint density at radius 3 is 1.85 bits per heavy atom. The second-order valence-electron chi connectivity index (χ2n) is 5.46. The molecule has 0 aromatic heterocycles. The summed E-state index contributed by atoms with van der Waals surface area (Å²) in [5.41, 5.74) is 5.53. The van der Waals surface area contributed by atoms with Crippen LogP contribution in [-0.2, 0) is 4.79 Å². The van der Waals surface area contributed by atoms with E-state index in [1.54, 1.807) is 0 Å². The Morgan fingerprint density at radius 1 is 0.950 bits per heavy atom. The second-order valence-corrected chi connectivity index (χ2v) is 5.46. The van der Waals surface area contributed by atoms with E-state index in [9.17, 15) is 4.79 Å². The van der Waals surface area contributed by atoms with Gasteiger partial charge in [-0.15, -0.1) is 0 Å². The van der Waals surface area contributed by atoms with Gasteiger partial charge < -0.3 is 15.5 Å². The number of nitrogens with zero attached hydrogens (tertiary/aromatic N) is 2. The van der Waals surface area contributed by atoms with Crippen LogP contribution < -0.4 is 5.73 Å². The number of hydrogen-bond donors (Lipinski definition) is 1. The molecular weight excluding hydrogens is 250 g/mol. The average molecular weight is 285 g/mol. The first kappa shape index (κ1) is 19.4. The fourth-order valence-corrected chi connectivity index (χ4v) is 2.69. The lowest BCUT2D eigenvalue weighted by Gasteiger charge is -2.35. The molecule has 0 aromatic carbocycles. The van der Waals surface area contributed by atoms with Crippen molar-refractivity contribution in [1.82, 2.24) is 9.80 Å². The summed E-state index contributed by atoms with van der Waals surface area (Å²) in [6.45, 7) is 15.8. The number of hydrogen-bond acceptors (Lipinski definition) is 3. The fraction of sp³-hybridized carbons (Fsp3) is 0.938. The standard InChI is InChI=1S/C16H35N3O/c1-6-16(7-2,14-17)15(20)19(10-5)13-11-12-18(8-3)9-4/h6-14,17H2,1-5H3. The lowest BCUT2D eigenvalue weighted by Crippen LogP contribution is -2.48. The minimum absolute atomic E-state index is 0.243. The summed E-state index contributed by atoms with van der Waals surface area (Å²) in [5.74, 6) is 0.243. The van der Waals surface area contributed by atoms with Crippen molar-refractivity contribution < 1.29 is 4.79 Å². The maximum Gasteiger partial charge on any atom is 0.230 e. The molecule has 0 aliphatic heterocycles. The summed E-state index contributed by atoms with van der Waals surface area (Å²) in [7, 11) is 0. The van der Waals surface area contributed by atoms with Gasteiger partial charge in [0.25, 0.3) is 0 Å². The van der Waals surface area contributed by atoms with Gasteiger partial charge in [-0.25, -0.2) is 0 Å². The molecule has 0 aliphatic carbocycles. The Bertz CT molecular complexity index is 252. The molecule has 0 atom stereocenters. The summed E-state index contributed by atoms with van der Waals surface area (Å²) in [4.78, 5) is 17.1. The van der Waals surface area contributed by atoms with Crippen LogP contribution in [0.15, 0.2) is 0 Å². The molecule has 0 rings (SSSR count). The van der Waals surface area contributed by atoms with Gasteiger partial charge in [-0.05, 0) is 45.8 Å². The molecule has 0 radical (unpaired) electrons. The molecule has 0 aliphatic rings. The molecule has 120 valence electrons. The SMILES string of the molecule is CCN(CC)CCCN(CC)C(=O)C(CC)(CC)CN. The van der Waals surface area contributed by atoms with Crippen LogP contribution in [0, 0.1) is 5.41 Å².